The predicted octanol–water partition coefficient (Wildman–Crippen LogP) is 3.69. The van der Waals surface area contributed by atoms with Gasteiger partial charge in [-0.3, -0.25) is 4.98 Å². The summed E-state index contributed by atoms with van der Waals surface area (Å²) >= 11 is 0. The van der Waals surface area contributed by atoms with E-state index in [0.29, 0.717) is 16.9 Å². The van der Waals surface area contributed by atoms with Gasteiger partial charge in [0.05, 0.1) is 0 Å². The smallest absolute Gasteiger partial charge is 0.0315 e. The normalized spacial score (nSPS) is 35.8. The van der Waals surface area contributed by atoms with E-state index >= 15 is 0 Å². The number of rotatable bonds is 3. The van der Waals surface area contributed by atoms with Gasteiger partial charge in [-0.05, 0) is 60.1 Å². The molecular formula is C17H26N2. The van der Waals surface area contributed by atoms with E-state index in [9.17, 15) is 0 Å². The Kier molecular flexibility index (Phi) is 2.97. The standard InChI is InChI=1S/C17H26N2/c1-12-6-8-18-10-13(12)11-19-15-9-14-5-7-17(15,4)16(14,2)3/h6,8,10,14-15,19H,5,7,9,11H2,1-4H3. The minimum atomic E-state index is 0.466. The Hall–Kier alpha value is -0.890. The third-order valence-corrected chi connectivity index (χ3v) is 6.48. The summed E-state index contributed by atoms with van der Waals surface area (Å²) in [5.41, 5.74) is 3.64. The summed E-state index contributed by atoms with van der Waals surface area (Å²) in [5.74, 6) is 0.907. The summed E-state index contributed by atoms with van der Waals surface area (Å²) in [6.45, 7) is 10.6. The van der Waals surface area contributed by atoms with Crippen LogP contribution in [-0.2, 0) is 6.54 Å². The quantitative estimate of drug-likeness (QED) is 0.894. The highest BCUT2D eigenvalue weighted by molar-refractivity contribution is 5.22. The maximum Gasteiger partial charge on any atom is 0.0315 e. The second-order valence-electron chi connectivity index (χ2n) is 7.35. The fraction of sp³-hybridized carbons (Fsp3) is 0.706. The molecule has 1 heterocycles. The van der Waals surface area contributed by atoms with Crippen LogP contribution in [0.15, 0.2) is 18.5 Å². The van der Waals surface area contributed by atoms with Gasteiger partial charge in [-0.15, -0.1) is 0 Å². The van der Waals surface area contributed by atoms with Crippen molar-refractivity contribution in [2.24, 2.45) is 16.7 Å². The summed E-state index contributed by atoms with van der Waals surface area (Å²) in [6.07, 6.45) is 8.04. The van der Waals surface area contributed by atoms with Gasteiger partial charge in [0.1, 0.15) is 0 Å². The molecule has 2 fully saturated rings. The topological polar surface area (TPSA) is 24.9 Å². The number of aryl methyl sites for hydroxylation is 1. The molecule has 19 heavy (non-hydrogen) atoms. The van der Waals surface area contributed by atoms with Crippen molar-refractivity contribution in [2.75, 3.05) is 0 Å². The van der Waals surface area contributed by atoms with Crippen LogP contribution < -0.4 is 5.32 Å². The van der Waals surface area contributed by atoms with E-state index in [0.717, 1.165) is 12.5 Å². The van der Waals surface area contributed by atoms with Gasteiger partial charge in [0, 0.05) is 25.0 Å². The minimum absolute atomic E-state index is 0.466. The molecule has 0 spiro atoms. The van der Waals surface area contributed by atoms with E-state index in [1.165, 1.54) is 30.4 Å². The number of hydrogen-bond donors (Lipinski definition) is 1. The molecule has 0 aromatic carbocycles. The van der Waals surface area contributed by atoms with Crippen molar-refractivity contribution in [1.82, 2.24) is 10.3 Å². The Morgan fingerprint density at radius 1 is 1.37 bits per heavy atom. The minimum Gasteiger partial charge on any atom is -0.309 e. The van der Waals surface area contributed by atoms with Crippen molar-refractivity contribution >= 4 is 0 Å². The maximum absolute atomic E-state index is 4.24. The number of fused-ring (bicyclic) bond motifs is 2. The van der Waals surface area contributed by atoms with Crippen LogP contribution in [0.1, 0.15) is 51.2 Å². The lowest BCUT2D eigenvalue weighted by Gasteiger charge is -2.39. The van der Waals surface area contributed by atoms with Gasteiger partial charge in [-0.25, -0.2) is 0 Å². The second-order valence-corrected chi connectivity index (χ2v) is 7.35. The van der Waals surface area contributed by atoms with Crippen LogP contribution in [0, 0.1) is 23.7 Å². The highest BCUT2D eigenvalue weighted by Crippen LogP contribution is 2.65. The first-order valence-corrected chi connectivity index (χ1v) is 7.58. The van der Waals surface area contributed by atoms with Crippen molar-refractivity contribution in [3.05, 3.63) is 29.6 Å². The molecule has 1 N–H and O–H groups in total. The van der Waals surface area contributed by atoms with Gasteiger partial charge in [-0.2, -0.15) is 0 Å². The molecule has 3 rings (SSSR count). The van der Waals surface area contributed by atoms with E-state index in [-0.39, 0.29) is 0 Å². The Morgan fingerprint density at radius 3 is 2.74 bits per heavy atom. The second kappa shape index (κ2) is 4.31. The molecule has 2 saturated carbocycles. The Labute approximate surface area is 117 Å². The first-order chi connectivity index (χ1) is 8.95. The highest BCUT2D eigenvalue weighted by Gasteiger charge is 2.60. The molecule has 0 aliphatic heterocycles. The van der Waals surface area contributed by atoms with Crippen molar-refractivity contribution in [2.45, 2.75) is 59.5 Å². The molecule has 2 aliphatic rings. The van der Waals surface area contributed by atoms with Crippen molar-refractivity contribution in [3.8, 4) is 0 Å². The summed E-state index contributed by atoms with van der Waals surface area (Å²) in [7, 11) is 0. The lowest BCUT2D eigenvalue weighted by molar-refractivity contribution is 0.120. The van der Waals surface area contributed by atoms with Gasteiger partial charge >= 0.3 is 0 Å². The molecule has 1 aromatic rings. The molecule has 104 valence electrons. The summed E-state index contributed by atoms with van der Waals surface area (Å²) in [6, 6.07) is 2.77. The first kappa shape index (κ1) is 13.1. The van der Waals surface area contributed by atoms with Crippen LogP contribution in [0.2, 0.25) is 0 Å². The molecule has 2 aliphatic carbocycles. The van der Waals surface area contributed by atoms with Crippen molar-refractivity contribution in [1.29, 1.82) is 0 Å². The van der Waals surface area contributed by atoms with Crippen LogP contribution in [0.5, 0.6) is 0 Å². The number of aromatic nitrogens is 1. The fourth-order valence-electron chi connectivity index (χ4n) is 4.43. The van der Waals surface area contributed by atoms with E-state index in [1.807, 2.05) is 12.4 Å². The largest absolute Gasteiger partial charge is 0.309 e. The zero-order valence-electron chi connectivity index (χ0n) is 12.7. The van der Waals surface area contributed by atoms with Gasteiger partial charge in [0.2, 0.25) is 0 Å². The van der Waals surface area contributed by atoms with E-state index in [4.69, 9.17) is 0 Å². The lowest BCUT2D eigenvalue weighted by atomic mass is 9.69. The number of hydrogen-bond acceptors (Lipinski definition) is 2. The summed E-state index contributed by atoms with van der Waals surface area (Å²) in [5, 5.41) is 3.83. The fourth-order valence-corrected chi connectivity index (χ4v) is 4.43. The van der Waals surface area contributed by atoms with Crippen LogP contribution in [0.25, 0.3) is 0 Å². The molecule has 3 unspecified atom stereocenters. The Balaban J connectivity index is 1.71. The molecule has 1 aromatic heterocycles. The molecule has 0 saturated heterocycles. The van der Waals surface area contributed by atoms with Gasteiger partial charge < -0.3 is 5.32 Å². The summed E-state index contributed by atoms with van der Waals surface area (Å²) in [4.78, 5) is 4.24. The number of pyridine rings is 1. The number of nitrogens with zero attached hydrogens (tertiary/aromatic N) is 1. The van der Waals surface area contributed by atoms with Crippen LogP contribution in [-0.4, -0.2) is 11.0 Å². The third-order valence-electron chi connectivity index (χ3n) is 6.48. The highest BCUT2D eigenvalue weighted by atomic mass is 15.0. The zero-order chi connectivity index (χ0) is 13.7. The average molecular weight is 258 g/mol. The average Bonchev–Trinajstić information content (AvgIpc) is 2.70. The van der Waals surface area contributed by atoms with Crippen LogP contribution >= 0.6 is 0 Å². The summed E-state index contributed by atoms with van der Waals surface area (Å²) < 4.78 is 0. The van der Waals surface area contributed by atoms with Crippen LogP contribution in [0.4, 0.5) is 0 Å². The molecule has 2 heteroatoms. The van der Waals surface area contributed by atoms with Crippen molar-refractivity contribution in [3.63, 3.8) is 0 Å². The first-order valence-electron chi connectivity index (χ1n) is 7.58. The van der Waals surface area contributed by atoms with E-state index < -0.39 is 0 Å². The van der Waals surface area contributed by atoms with Gasteiger partial charge in [0.15, 0.2) is 0 Å². The van der Waals surface area contributed by atoms with Crippen LogP contribution in [0.3, 0.4) is 0 Å². The lowest BCUT2D eigenvalue weighted by Crippen LogP contribution is -2.44. The van der Waals surface area contributed by atoms with Gasteiger partial charge in [-0.1, -0.05) is 20.8 Å². The molecular weight excluding hydrogens is 232 g/mol. The molecule has 0 radical (unpaired) electrons. The molecule has 0 amide bonds. The Morgan fingerprint density at radius 2 is 2.16 bits per heavy atom. The Bertz CT molecular complexity index is 480. The van der Waals surface area contributed by atoms with E-state index in [1.54, 1.807) is 0 Å². The third kappa shape index (κ3) is 1.84. The number of nitrogens with one attached hydrogen (secondary N) is 1. The monoisotopic (exact) mass is 258 g/mol. The molecule has 2 nitrogen and oxygen atoms in total. The van der Waals surface area contributed by atoms with E-state index in [2.05, 4.69) is 44.1 Å². The molecule has 2 bridgehead atoms. The maximum atomic E-state index is 4.24. The molecule has 3 atom stereocenters. The predicted molar refractivity (Wildman–Crippen MR) is 78.8 cm³/mol. The SMILES string of the molecule is Cc1ccncc1CNC1CC2CCC1(C)C2(C)C. The van der Waals surface area contributed by atoms with Crippen molar-refractivity contribution < 1.29 is 0 Å². The van der Waals surface area contributed by atoms with Gasteiger partial charge in [0.25, 0.3) is 0 Å². The zero-order valence-corrected chi connectivity index (χ0v) is 12.7.